The van der Waals surface area contributed by atoms with Crippen molar-refractivity contribution in [3.8, 4) is 0 Å². The van der Waals surface area contributed by atoms with Crippen molar-refractivity contribution < 1.29 is 13.6 Å². The Morgan fingerprint density at radius 2 is 2.00 bits per heavy atom. The maximum atomic E-state index is 13.3. The zero-order chi connectivity index (χ0) is 17.3. The molecule has 0 fully saturated rings. The van der Waals surface area contributed by atoms with Crippen molar-refractivity contribution in [1.29, 1.82) is 0 Å². The number of halogens is 2. The molecule has 3 rings (SSSR count). The number of hydrogen-bond acceptors (Lipinski definition) is 3. The second-order valence-corrected chi connectivity index (χ2v) is 5.48. The second kappa shape index (κ2) is 6.35. The number of nitrogens with one attached hydrogen (secondary N) is 1. The van der Waals surface area contributed by atoms with Crippen LogP contribution in [0.1, 0.15) is 35.8 Å². The molecule has 1 aromatic heterocycles. The van der Waals surface area contributed by atoms with E-state index in [2.05, 4.69) is 15.6 Å². The van der Waals surface area contributed by atoms with Crippen LogP contribution in [0.3, 0.4) is 0 Å². The topological polar surface area (TPSA) is 59.8 Å². The predicted molar refractivity (Wildman–Crippen MR) is 85.4 cm³/mol. The lowest BCUT2D eigenvalue weighted by Gasteiger charge is -2.14. The summed E-state index contributed by atoms with van der Waals surface area (Å²) < 4.78 is 28.0. The van der Waals surface area contributed by atoms with Crippen LogP contribution in [0.25, 0.3) is 11.0 Å². The number of aromatic nitrogens is 3. The van der Waals surface area contributed by atoms with Crippen LogP contribution in [0.4, 0.5) is 8.78 Å². The molecule has 0 aliphatic carbocycles. The minimum atomic E-state index is -0.939. The molecule has 1 atom stereocenters. The van der Waals surface area contributed by atoms with Gasteiger partial charge in [0, 0.05) is 12.1 Å². The highest BCUT2D eigenvalue weighted by atomic mass is 19.2. The Balaban J connectivity index is 1.79. The van der Waals surface area contributed by atoms with Crippen molar-refractivity contribution in [2.75, 3.05) is 0 Å². The Kier molecular flexibility index (Phi) is 4.24. The maximum absolute atomic E-state index is 13.3. The number of nitrogens with zero attached hydrogens (tertiary/aromatic N) is 3. The molecule has 24 heavy (non-hydrogen) atoms. The lowest BCUT2D eigenvalue weighted by Crippen LogP contribution is -2.26. The minimum Gasteiger partial charge on any atom is -0.346 e. The molecule has 7 heteroatoms. The smallest absolute Gasteiger partial charge is 0.251 e. The monoisotopic (exact) mass is 330 g/mol. The number of carbonyl (C=O) groups excluding carboxylic acids is 1. The van der Waals surface area contributed by atoms with Crippen molar-refractivity contribution in [3.63, 3.8) is 0 Å². The fourth-order valence-electron chi connectivity index (χ4n) is 2.49. The van der Waals surface area contributed by atoms with Gasteiger partial charge in [0.05, 0.1) is 11.6 Å². The van der Waals surface area contributed by atoms with Crippen molar-refractivity contribution >= 4 is 16.9 Å². The molecule has 0 aliphatic heterocycles. The van der Waals surface area contributed by atoms with Gasteiger partial charge in [-0.1, -0.05) is 11.3 Å². The van der Waals surface area contributed by atoms with E-state index in [4.69, 9.17) is 0 Å². The average Bonchev–Trinajstić information content (AvgIpc) is 2.99. The van der Waals surface area contributed by atoms with Gasteiger partial charge in [-0.25, -0.2) is 13.5 Å². The minimum absolute atomic E-state index is 0.319. The number of carbonyl (C=O) groups is 1. The van der Waals surface area contributed by atoms with Gasteiger partial charge in [-0.05, 0) is 49.7 Å². The third-order valence-corrected chi connectivity index (χ3v) is 3.87. The number of hydrogen-bond donors (Lipinski definition) is 1. The summed E-state index contributed by atoms with van der Waals surface area (Å²) >= 11 is 0. The lowest BCUT2D eigenvalue weighted by molar-refractivity contribution is 0.0940. The van der Waals surface area contributed by atoms with Crippen LogP contribution >= 0.6 is 0 Å². The molecule has 0 unspecified atom stereocenters. The molecule has 2 aromatic carbocycles. The van der Waals surface area contributed by atoms with E-state index in [1.807, 2.05) is 6.92 Å². The van der Waals surface area contributed by atoms with Crippen LogP contribution in [-0.4, -0.2) is 20.9 Å². The molecule has 5 nitrogen and oxygen atoms in total. The summed E-state index contributed by atoms with van der Waals surface area (Å²) in [6, 6.07) is 8.23. The van der Waals surface area contributed by atoms with Gasteiger partial charge in [-0.2, -0.15) is 0 Å². The van der Waals surface area contributed by atoms with Gasteiger partial charge in [0.25, 0.3) is 5.91 Å². The molecule has 1 N–H and O–H groups in total. The van der Waals surface area contributed by atoms with Gasteiger partial charge < -0.3 is 5.32 Å². The summed E-state index contributed by atoms with van der Waals surface area (Å²) in [5.74, 6) is -2.17. The van der Waals surface area contributed by atoms with Crippen molar-refractivity contribution in [1.82, 2.24) is 20.3 Å². The molecule has 1 amide bonds. The van der Waals surface area contributed by atoms with Crippen molar-refractivity contribution in [2.24, 2.45) is 0 Å². The van der Waals surface area contributed by atoms with Crippen LogP contribution in [0.5, 0.6) is 0 Å². The van der Waals surface area contributed by atoms with Crippen LogP contribution < -0.4 is 5.32 Å². The Morgan fingerprint density at radius 3 is 2.71 bits per heavy atom. The Labute approximate surface area is 137 Å². The van der Waals surface area contributed by atoms with Crippen LogP contribution in [-0.2, 0) is 6.54 Å². The molecule has 0 spiro atoms. The first-order valence-corrected chi connectivity index (χ1v) is 7.58. The maximum Gasteiger partial charge on any atom is 0.251 e. The third-order valence-electron chi connectivity index (χ3n) is 3.87. The standard InChI is InChI=1S/C17H16F2N4O/c1-3-23-16-7-5-12(9-15(16)21-22-23)17(24)20-10(2)11-4-6-13(18)14(19)8-11/h4-10H,3H2,1-2H3,(H,20,24)/t10-/m0/s1. The molecule has 1 heterocycles. The summed E-state index contributed by atoms with van der Waals surface area (Å²) in [6.07, 6.45) is 0. The van der Waals surface area contributed by atoms with Crippen LogP contribution in [0.2, 0.25) is 0 Å². The van der Waals surface area contributed by atoms with E-state index < -0.39 is 17.7 Å². The quantitative estimate of drug-likeness (QED) is 0.799. The highest BCUT2D eigenvalue weighted by Gasteiger charge is 2.15. The molecule has 3 aromatic rings. The fourth-order valence-corrected chi connectivity index (χ4v) is 2.49. The number of fused-ring (bicyclic) bond motifs is 1. The van der Waals surface area contributed by atoms with Crippen molar-refractivity contribution in [3.05, 3.63) is 59.2 Å². The second-order valence-electron chi connectivity index (χ2n) is 5.48. The lowest BCUT2D eigenvalue weighted by atomic mass is 10.1. The predicted octanol–water partition coefficient (Wildman–Crippen LogP) is 3.22. The number of amides is 1. The molecule has 0 aliphatic rings. The zero-order valence-corrected chi connectivity index (χ0v) is 13.3. The molecule has 124 valence electrons. The molecule has 0 radical (unpaired) electrons. The molecular formula is C17H16F2N4O. The SMILES string of the molecule is CCn1nnc2cc(C(=O)N[C@@H](C)c3ccc(F)c(F)c3)ccc21. The van der Waals surface area contributed by atoms with Gasteiger partial charge >= 0.3 is 0 Å². The Morgan fingerprint density at radius 1 is 1.21 bits per heavy atom. The normalized spacial score (nSPS) is 12.3. The van der Waals surface area contributed by atoms with Gasteiger partial charge in [0.15, 0.2) is 11.6 Å². The number of rotatable bonds is 4. The summed E-state index contributed by atoms with van der Waals surface area (Å²) in [7, 11) is 0. The largest absolute Gasteiger partial charge is 0.346 e. The summed E-state index contributed by atoms with van der Waals surface area (Å²) in [4.78, 5) is 12.4. The summed E-state index contributed by atoms with van der Waals surface area (Å²) in [5.41, 5.74) is 2.40. The van der Waals surface area contributed by atoms with E-state index in [-0.39, 0.29) is 5.91 Å². The van der Waals surface area contributed by atoms with E-state index in [1.54, 1.807) is 29.8 Å². The van der Waals surface area contributed by atoms with Crippen LogP contribution in [0.15, 0.2) is 36.4 Å². The zero-order valence-electron chi connectivity index (χ0n) is 13.3. The first kappa shape index (κ1) is 16.0. The molecule has 0 saturated heterocycles. The first-order chi connectivity index (χ1) is 11.5. The molecule has 0 saturated carbocycles. The molecule has 0 bridgehead atoms. The summed E-state index contributed by atoms with van der Waals surface area (Å²) in [5, 5.41) is 10.8. The van der Waals surface area contributed by atoms with E-state index in [0.717, 1.165) is 17.6 Å². The van der Waals surface area contributed by atoms with E-state index >= 15 is 0 Å². The average molecular weight is 330 g/mol. The van der Waals surface area contributed by atoms with Gasteiger partial charge in [0.1, 0.15) is 5.52 Å². The Bertz CT molecular complexity index is 907. The fraction of sp³-hybridized carbons (Fsp3) is 0.235. The number of aryl methyl sites for hydroxylation is 1. The third kappa shape index (κ3) is 2.97. The highest BCUT2D eigenvalue weighted by Crippen LogP contribution is 2.18. The van der Waals surface area contributed by atoms with Gasteiger partial charge in [-0.15, -0.1) is 5.10 Å². The van der Waals surface area contributed by atoms with Crippen LogP contribution in [0, 0.1) is 11.6 Å². The highest BCUT2D eigenvalue weighted by molar-refractivity contribution is 5.97. The number of benzene rings is 2. The van der Waals surface area contributed by atoms with Gasteiger partial charge in [0.2, 0.25) is 0 Å². The Hall–Kier alpha value is -2.83. The van der Waals surface area contributed by atoms with E-state index in [1.165, 1.54) is 6.07 Å². The molecular weight excluding hydrogens is 314 g/mol. The summed E-state index contributed by atoms with van der Waals surface area (Å²) in [6.45, 7) is 4.35. The van der Waals surface area contributed by atoms with Crippen molar-refractivity contribution in [2.45, 2.75) is 26.4 Å². The van der Waals surface area contributed by atoms with Gasteiger partial charge in [-0.3, -0.25) is 4.79 Å². The van der Waals surface area contributed by atoms with E-state index in [9.17, 15) is 13.6 Å². The first-order valence-electron chi connectivity index (χ1n) is 7.58. The van der Waals surface area contributed by atoms with E-state index in [0.29, 0.717) is 23.2 Å².